The third kappa shape index (κ3) is 7.22. The van der Waals surface area contributed by atoms with Crippen molar-refractivity contribution in [1.82, 2.24) is 0 Å². The zero-order valence-electron chi connectivity index (χ0n) is 13.8. The molecule has 0 unspecified atom stereocenters. The van der Waals surface area contributed by atoms with Gasteiger partial charge in [0.25, 0.3) is 0 Å². The number of hydrogen-bond acceptors (Lipinski definition) is 3. The summed E-state index contributed by atoms with van der Waals surface area (Å²) in [5.41, 5.74) is 1.45. The smallest absolute Gasteiger partial charge is 0.377 e. The van der Waals surface area contributed by atoms with Gasteiger partial charge in [-0.3, -0.25) is 0 Å². The summed E-state index contributed by atoms with van der Waals surface area (Å²) in [6, 6.07) is 11.7. The molecule has 0 aliphatic heterocycles. The fourth-order valence-corrected chi connectivity index (χ4v) is 4.37. The van der Waals surface area contributed by atoms with Crippen molar-refractivity contribution in [3.63, 3.8) is 0 Å². The molecular weight excluding hydrogens is 280 g/mol. The first-order valence-corrected chi connectivity index (χ1v) is 9.89. The molecule has 0 N–H and O–H groups in total. The van der Waals surface area contributed by atoms with Gasteiger partial charge in [0.2, 0.25) is 0 Å². The highest BCUT2D eigenvalue weighted by Gasteiger charge is 2.36. The van der Waals surface area contributed by atoms with E-state index in [1.807, 2.05) is 0 Å². The van der Waals surface area contributed by atoms with Crippen LogP contribution in [-0.4, -0.2) is 30.1 Å². The highest BCUT2D eigenvalue weighted by atomic mass is 28.4. The van der Waals surface area contributed by atoms with Crippen LogP contribution >= 0.6 is 0 Å². The third-order valence-electron chi connectivity index (χ3n) is 3.97. The number of hydrogen-bond donors (Lipinski definition) is 0. The minimum Gasteiger partial charge on any atom is -0.377 e. The first-order valence-electron chi connectivity index (χ1n) is 7.95. The Labute approximate surface area is 131 Å². The van der Waals surface area contributed by atoms with E-state index in [-0.39, 0.29) is 0 Å². The van der Waals surface area contributed by atoms with Crippen LogP contribution in [0.4, 0.5) is 0 Å². The number of unbranched alkanes of at least 4 members (excludes halogenated alkanes) is 5. The van der Waals surface area contributed by atoms with Crippen LogP contribution in [0.2, 0.25) is 6.04 Å². The van der Waals surface area contributed by atoms with Crippen LogP contribution in [0, 0.1) is 0 Å². The average molecular weight is 311 g/mol. The summed E-state index contributed by atoms with van der Waals surface area (Å²) in [6.07, 6.45) is 8.77. The maximum Gasteiger partial charge on any atom is 0.500 e. The lowest BCUT2D eigenvalue weighted by molar-refractivity contribution is 0.122. The van der Waals surface area contributed by atoms with E-state index in [9.17, 15) is 0 Å². The predicted molar refractivity (Wildman–Crippen MR) is 89.4 cm³/mol. The molecule has 0 atom stereocenters. The number of aryl methyl sites for hydroxylation is 1. The van der Waals surface area contributed by atoms with Crippen LogP contribution in [0.3, 0.4) is 0 Å². The van der Waals surface area contributed by atoms with Gasteiger partial charge in [0.15, 0.2) is 0 Å². The van der Waals surface area contributed by atoms with Gasteiger partial charge in [-0.2, -0.15) is 0 Å². The second-order valence-corrected chi connectivity index (χ2v) is 8.49. The molecule has 0 heterocycles. The number of benzene rings is 1. The van der Waals surface area contributed by atoms with Crippen molar-refractivity contribution < 1.29 is 13.3 Å². The monoisotopic (exact) mass is 310 g/mol. The molecule has 0 radical (unpaired) electrons. The van der Waals surface area contributed by atoms with E-state index in [0.717, 1.165) is 12.5 Å². The molecule has 21 heavy (non-hydrogen) atoms. The van der Waals surface area contributed by atoms with Gasteiger partial charge in [0, 0.05) is 27.4 Å². The molecule has 0 aliphatic carbocycles. The molecule has 1 aromatic rings. The van der Waals surface area contributed by atoms with E-state index in [0.29, 0.717) is 0 Å². The summed E-state index contributed by atoms with van der Waals surface area (Å²) >= 11 is 0. The first kappa shape index (κ1) is 18.4. The Balaban J connectivity index is 2.00. The molecule has 4 heteroatoms. The van der Waals surface area contributed by atoms with Gasteiger partial charge in [0.05, 0.1) is 0 Å². The van der Waals surface area contributed by atoms with Gasteiger partial charge in [-0.25, -0.2) is 0 Å². The van der Waals surface area contributed by atoms with Crippen molar-refractivity contribution in [3.05, 3.63) is 35.9 Å². The van der Waals surface area contributed by atoms with Crippen molar-refractivity contribution >= 4 is 8.80 Å². The molecule has 0 aliphatic rings. The van der Waals surface area contributed by atoms with Crippen LogP contribution in [0.1, 0.15) is 44.1 Å². The van der Waals surface area contributed by atoms with Gasteiger partial charge < -0.3 is 13.3 Å². The second kappa shape index (κ2) is 11.0. The highest BCUT2D eigenvalue weighted by molar-refractivity contribution is 6.60. The maximum absolute atomic E-state index is 5.42. The van der Waals surface area contributed by atoms with Crippen molar-refractivity contribution in [2.24, 2.45) is 0 Å². The molecule has 3 nitrogen and oxygen atoms in total. The molecule has 0 fully saturated rings. The minimum atomic E-state index is -2.34. The summed E-state index contributed by atoms with van der Waals surface area (Å²) < 4.78 is 16.3. The van der Waals surface area contributed by atoms with Crippen LogP contribution in [0.15, 0.2) is 30.3 Å². The van der Waals surface area contributed by atoms with E-state index in [2.05, 4.69) is 30.3 Å². The molecular formula is C17H30O3Si. The summed E-state index contributed by atoms with van der Waals surface area (Å²) in [7, 11) is 2.71. The lowest BCUT2D eigenvalue weighted by Crippen LogP contribution is -2.42. The minimum absolute atomic E-state index is 0.917. The topological polar surface area (TPSA) is 27.7 Å². The van der Waals surface area contributed by atoms with Gasteiger partial charge >= 0.3 is 8.80 Å². The summed E-state index contributed by atoms with van der Waals surface area (Å²) in [5, 5.41) is 0. The molecule has 1 aromatic carbocycles. The zero-order valence-corrected chi connectivity index (χ0v) is 14.8. The van der Waals surface area contributed by atoms with E-state index < -0.39 is 8.80 Å². The standard InChI is InChI=1S/C17H30O3Si/c1-18-21(19-2,20-3)16-12-7-5-4-6-9-13-17-14-10-8-11-15-17/h8,10-11,14-15H,4-7,9,12-13,16H2,1-3H3. The molecule has 0 amide bonds. The van der Waals surface area contributed by atoms with Crippen LogP contribution < -0.4 is 0 Å². The van der Waals surface area contributed by atoms with Crippen LogP contribution in [-0.2, 0) is 19.7 Å². The van der Waals surface area contributed by atoms with Crippen LogP contribution in [0.5, 0.6) is 0 Å². The van der Waals surface area contributed by atoms with Crippen molar-refractivity contribution in [3.8, 4) is 0 Å². The third-order valence-corrected chi connectivity index (χ3v) is 6.81. The van der Waals surface area contributed by atoms with Gasteiger partial charge in [-0.05, 0) is 24.8 Å². The quantitative estimate of drug-likeness (QED) is 0.422. The first-order chi connectivity index (χ1) is 10.3. The molecule has 120 valence electrons. The Morgan fingerprint density at radius 2 is 1.24 bits per heavy atom. The second-order valence-electron chi connectivity index (χ2n) is 5.40. The predicted octanol–water partition coefficient (Wildman–Crippen LogP) is 4.45. The Hall–Kier alpha value is -0.683. The lowest BCUT2D eigenvalue weighted by atomic mass is 10.1. The highest BCUT2D eigenvalue weighted by Crippen LogP contribution is 2.18. The Bertz CT molecular complexity index is 344. The van der Waals surface area contributed by atoms with Crippen molar-refractivity contribution in [2.45, 2.75) is 51.0 Å². The van der Waals surface area contributed by atoms with Gasteiger partial charge in [-0.15, -0.1) is 0 Å². The molecule has 0 spiro atoms. The van der Waals surface area contributed by atoms with E-state index in [1.54, 1.807) is 21.3 Å². The normalized spacial score (nSPS) is 11.8. The van der Waals surface area contributed by atoms with E-state index >= 15 is 0 Å². The number of rotatable bonds is 12. The molecule has 0 aromatic heterocycles. The molecule has 0 saturated heterocycles. The molecule has 0 saturated carbocycles. The summed E-state index contributed by atoms with van der Waals surface area (Å²) in [4.78, 5) is 0. The average Bonchev–Trinajstić information content (AvgIpc) is 2.55. The van der Waals surface area contributed by atoms with Crippen molar-refractivity contribution in [1.29, 1.82) is 0 Å². The van der Waals surface area contributed by atoms with Gasteiger partial charge in [0.1, 0.15) is 0 Å². The van der Waals surface area contributed by atoms with Crippen molar-refractivity contribution in [2.75, 3.05) is 21.3 Å². The Morgan fingerprint density at radius 1 is 0.714 bits per heavy atom. The summed E-state index contributed by atoms with van der Waals surface area (Å²) in [5.74, 6) is 0. The molecule has 0 bridgehead atoms. The van der Waals surface area contributed by atoms with E-state index in [1.165, 1.54) is 44.1 Å². The Kier molecular flexibility index (Phi) is 9.59. The summed E-state index contributed by atoms with van der Waals surface area (Å²) in [6.45, 7) is 0. The SMILES string of the molecule is CO[Si](CCCCCCCCc1ccccc1)(OC)OC. The van der Waals surface area contributed by atoms with Gasteiger partial charge in [-0.1, -0.05) is 56.0 Å². The fourth-order valence-electron chi connectivity index (χ4n) is 2.58. The lowest BCUT2D eigenvalue weighted by Gasteiger charge is -2.24. The van der Waals surface area contributed by atoms with Crippen LogP contribution in [0.25, 0.3) is 0 Å². The molecule has 1 rings (SSSR count). The largest absolute Gasteiger partial charge is 0.500 e. The fraction of sp³-hybridized carbons (Fsp3) is 0.647. The maximum atomic E-state index is 5.42. The zero-order chi connectivity index (χ0) is 15.4. The Morgan fingerprint density at radius 3 is 1.81 bits per heavy atom. The van der Waals surface area contributed by atoms with E-state index in [4.69, 9.17) is 13.3 Å².